The Kier molecular flexibility index (Phi) is 2.97. The second-order valence-electron chi connectivity index (χ2n) is 5.12. The van der Waals surface area contributed by atoms with E-state index < -0.39 is 0 Å². The molecule has 3 rings (SSSR count). The highest BCUT2D eigenvalue weighted by Gasteiger charge is 2.35. The van der Waals surface area contributed by atoms with Crippen LogP contribution in [0.2, 0.25) is 5.15 Å². The van der Waals surface area contributed by atoms with Gasteiger partial charge in [0.2, 0.25) is 0 Å². The number of pyridine rings is 1. The van der Waals surface area contributed by atoms with E-state index in [0.717, 1.165) is 24.6 Å². The first-order chi connectivity index (χ1) is 8.25. The van der Waals surface area contributed by atoms with Gasteiger partial charge in [-0.2, -0.15) is 0 Å². The molecule has 2 aliphatic heterocycles. The Balaban J connectivity index is 1.89. The summed E-state index contributed by atoms with van der Waals surface area (Å²) in [5, 5.41) is 4.12. The fraction of sp³-hybridized carbons (Fsp3) is 0.615. The second-order valence-corrected chi connectivity index (χ2v) is 5.48. The molecule has 2 atom stereocenters. The number of aryl methyl sites for hydroxylation is 1. The number of aromatic nitrogens is 1. The van der Waals surface area contributed by atoms with Gasteiger partial charge in [0.25, 0.3) is 0 Å². The highest BCUT2D eigenvalue weighted by atomic mass is 35.5. The van der Waals surface area contributed by atoms with E-state index in [1.807, 2.05) is 13.1 Å². The molecule has 3 nitrogen and oxygen atoms in total. The van der Waals surface area contributed by atoms with E-state index in [1.165, 1.54) is 25.1 Å². The van der Waals surface area contributed by atoms with Crippen LogP contribution in [0.15, 0.2) is 12.3 Å². The molecule has 0 spiro atoms. The summed E-state index contributed by atoms with van der Waals surface area (Å²) < 4.78 is 0. The van der Waals surface area contributed by atoms with E-state index in [2.05, 4.69) is 21.3 Å². The molecular formula is C13H18ClN3. The van der Waals surface area contributed by atoms with Crippen molar-refractivity contribution in [3.05, 3.63) is 23.0 Å². The van der Waals surface area contributed by atoms with E-state index in [4.69, 9.17) is 11.6 Å². The first-order valence-corrected chi connectivity index (χ1v) is 6.73. The van der Waals surface area contributed by atoms with Gasteiger partial charge in [0, 0.05) is 25.7 Å². The summed E-state index contributed by atoms with van der Waals surface area (Å²) in [5.41, 5.74) is 2.29. The zero-order valence-electron chi connectivity index (χ0n) is 10.1. The Morgan fingerprint density at radius 1 is 1.47 bits per heavy atom. The van der Waals surface area contributed by atoms with Gasteiger partial charge in [0.05, 0.1) is 11.9 Å². The van der Waals surface area contributed by atoms with E-state index in [9.17, 15) is 0 Å². The summed E-state index contributed by atoms with van der Waals surface area (Å²) in [5.74, 6) is 0.805. The monoisotopic (exact) mass is 251 g/mol. The van der Waals surface area contributed by atoms with Gasteiger partial charge in [-0.15, -0.1) is 0 Å². The molecule has 0 radical (unpaired) electrons. The number of rotatable bonds is 1. The summed E-state index contributed by atoms with van der Waals surface area (Å²) in [6.07, 6.45) is 4.55. The molecule has 0 aromatic carbocycles. The van der Waals surface area contributed by atoms with Crippen molar-refractivity contribution < 1.29 is 0 Å². The van der Waals surface area contributed by atoms with Gasteiger partial charge >= 0.3 is 0 Å². The largest absolute Gasteiger partial charge is 0.366 e. The standard InChI is InChI=1S/C13H18ClN3/c1-9-5-11(7-16-13(9)14)17-4-2-3-10-6-15-8-12(10)17/h5,7,10,12,15H,2-4,6,8H2,1H3/t10-,12+/m0/s1. The Labute approximate surface area is 107 Å². The highest BCUT2D eigenvalue weighted by molar-refractivity contribution is 6.30. The van der Waals surface area contributed by atoms with Gasteiger partial charge in [-0.05, 0) is 37.3 Å². The molecule has 0 saturated carbocycles. The van der Waals surface area contributed by atoms with Crippen LogP contribution >= 0.6 is 11.6 Å². The van der Waals surface area contributed by atoms with Crippen LogP contribution in [0.3, 0.4) is 0 Å². The number of piperidine rings is 1. The van der Waals surface area contributed by atoms with Crippen molar-refractivity contribution in [2.45, 2.75) is 25.8 Å². The minimum Gasteiger partial charge on any atom is -0.366 e. The molecule has 1 N–H and O–H groups in total. The topological polar surface area (TPSA) is 28.2 Å². The number of anilines is 1. The Bertz CT molecular complexity index is 421. The lowest BCUT2D eigenvalue weighted by Crippen LogP contribution is -2.45. The van der Waals surface area contributed by atoms with Crippen LogP contribution in [0, 0.1) is 12.8 Å². The van der Waals surface area contributed by atoms with Gasteiger partial charge in [-0.25, -0.2) is 4.98 Å². The summed E-state index contributed by atoms with van der Waals surface area (Å²) in [7, 11) is 0. The van der Waals surface area contributed by atoms with Gasteiger partial charge in [-0.1, -0.05) is 11.6 Å². The number of halogens is 1. The van der Waals surface area contributed by atoms with Crippen LogP contribution in [0.5, 0.6) is 0 Å². The Morgan fingerprint density at radius 2 is 2.35 bits per heavy atom. The number of nitrogens with one attached hydrogen (secondary N) is 1. The van der Waals surface area contributed by atoms with Crippen molar-refractivity contribution in [1.29, 1.82) is 0 Å². The number of fused-ring (bicyclic) bond motifs is 1. The smallest absolute Gasteiger partial charge is 0.132 e. The number of nitrogens with zero attached hydrogens (tertiary/aromatic N) is 2. The fourth-order valence-electron chi connectivity index (χ4n) is 3.09. The number of hydrogen-bond acceptors (Lipinski definition) is 3. The predicted molar refractivity (Wildman–Crippen MR) is 70.7 cm³/mol. The minimum absolute atomic E-state index is 0.617. The zero-order chi connectivity index (χ0) is 11.8. The third kappa shape index (κ3) is 2.02. The first kappa shape index (κ1) is 11.3. The highest BCUT2D eigenvalue weighted by Crippen LogP contribution is 2.31. The van der Waals surface area contributed by atoms with Gasteiger partial charge < -0.3 is 10.2 Å². The van der Waals surface area contributed by atoms with E-state index in [-0.39, 0.29) is 0 Å². The Hall–Kier alpha value is -0.800. The van der Waals surface area contributed by atoms with Gasteiger partial charge in [-0.3, -0.25) is 0 Å². The molecule has 3 heterocycles. The van der Waals surface area contributed by atoms with E-state index in [1.54, 1.807) is 0 Å². The molecule has 1 aromatic heterocycles. The molecule has 0 bridgehead atoms. The van der Waals surface area contributed by atoms with Crippen LogP contribution in [0.1, 0.15) is 18.4 Å². The van der Waals surface area contributed by atoms with E-state index >= 15 is 0 Å². The van der Waals surface area contributed by atoms with Crippen LogP contribution in [0.4, 0.5) is 5.69 Å². The van der Waals surface area contributed by atoms with Crippen LogP contribution in [-0.4, -0.2) is 30.7 Å². The lowest BCUT2D eigenvalue weighted by Gasteiger charge is -2.38. The molecule has 1 aromatic rings. The van der Waals surface area contributed by atoms with Gasteiger partial charge in [0.1, 0.15) is 5.15 Å². The summed E-state index contributed by atoms with van der Waals surface area (Å²) in [6, 6.07) is 2.81. The molecule has 2 aliphatic rings. The maximum atomic E-state index is 5.99. The average Bonchev–Trinajstić information content (AvgIpc) is 2.80. The van der Waals surface area contributed by atoms with Crippen molar-refractivity contribution in [2.24, 2.45) is 5.92 Å². The van der Waals surface area contributed by atoms with Crippen molar-refractivity contribution >= 4 is 17.3 Å². The predicted octanol–water partition coefficient (Wildman–Crippen LogP) is 2.23. The fourth-order valence-corrected chi connectivity index (χ4v) is 3.19. The maximum Gasteiger partial charge on any atom is 0.132 e. The quantitative estimate of drug-likeness (QED) is 0.776. The molecule has 17 heavy (non-hydrogen) atoms. The lowest BCUT2D eigenvalue weighted by atomic mass is 9.91. The maximum absolute atomic E-state index is 5.99. The van der Waals surface area contributed by atoms with Crippen LogP contribution in [-0.2, 0) is 0 Å². The van der Waals surface area contributed by atoms with Crippen LogP contribution in [0.25, 0.3) is 0 Å². The minimum atomic E-state index is 0.617. The van der Waals surface area contributed by atoms with Crippen molar-refractivity contribution in [1.82, 2.24) is 10.3 Å². The van der Waals surface area contributed by atoms with Crippen molar-refractivity contribution in [3.63, 3.8) is 0 Å². The SMILES string of the molecule is Cc1cc(N2CCC[C@H]3CNC[C@H]32)cnc1Cl. The summed E-state index contributed by atoms with van der Waals surface area (Å²) in [6.45, 7) is 5.44. The second kappa shape index (κ2) is 4.46. The normalized spacial score (nSPS) is 28.2. The zero-order valence-corrected chi connectivity index (χ0v) is 10.9. The third-order valence-electron chi connectivity index (χ3n) is 4.01. The van der Waals surface area contributed by atoms with E-state index in [0.29, 0.717) is 11.2 Å². The molecule has 4 heteroatoms. The van der Waals surface area contributed by atoms with Crippen molar-refractivity contribution in [2.75, 3.05) is 24.5 Å². The van der Waals surface area contributed by atoms with Crippen molar-refractivity contribution in [3.8, 4) is 0 Å². The third-order valence-corrected chi connectivity index (χ3v) is 4.41. The molecular weight excluding hydrogens is 234 g/mol. The number of hydrogen-bond donors (Lipinski definition) is 1. The molecule has 92 valence electrons. The first-order valence-electron chi connectivity index (χ1n) is 6.35. The summed E-state index contributed by atoms with van der Waals surface area (Å²) >= 11 is 5.99. The lowest BCUT2D eigenvalue weighted by molar-refractivity contribution is 0.385. The molecule has 0 aliphatic carbocycles. The average molecular weight is 252 g/mol. The van der Waals surface area contributed by atoms with Crippen LogP contribution < -0.4 is 10.2 Å². The summed E-state index contributed by atoms with van der Waals surface area (Å²) in [4.78, 5) is 6.78. The molecule has 2 saturated heterocycles. The Morgan fingerprint density at radius 3 is 3.18 bits per heavy atom. The molecule has 0 unspecified atom stereocenters. The van der Waals surface area contributed by atoms with Gasteiger partial charge in [0.15, 0.2) is 0 Å². The molecule has 2 fully saturated rings. The molecule has 0 amide bonds.